The Morgan fingerprint density at radius 2 is 2.26 bits per heavy atom. The topological polar surface area (TPSA) is 55.1 Å². The number of hydrogen-bond acceptors (Lipinski definition) is 3. The summed E-state index contributed by atoms with van der Waals surface area (Å²) in [6, 6.07) is 8.90. The third kappa shape index (κ3) is 3.28. The first kappa shape index (κ1) is 13.9. The van der Waals surface area contributed by atoms with Crippen LogP contribution in [0.15, 0.2) is 35.7 Å². The van der Waals surface area contributed by atoms with Crippen LogP contribution in [0, 0.1) is 0 Å². The SMILES string of the molecule is CCC(NC(=O)c1cc(Cl)ccc1N)c1cccs1. The number of carbonyl (C=O) groups excluding carboxylic acids is 1. The molecule has 1 atom stereocenters. The van der Waals surface area contributed by atoms with Crippen molar-refractivity contribution in [1.82, 2.24) is 5.32 Å². The molecule has 0 saturated heterocycles. The van der Waals surface area contributed by atoms with E-state index in [0.717, 1.165) is 11.3 Å². The number of thiophene rings is 1. The summed E-state index contributed by atoms with van der Waals surface area (Å²) < 4.78 is 0. The standard InChI is InChI=1S/C14H15ClN2OS/c1-2-12(13-4-3-7-19-13)17-14(18)10-8-9(15)5-6-11(10)16/h3-8,12H,2,16H2,1H3,(H,17,18). The molecule has 3 nitrogen and oxygen atoms in total. The molecule has 1 unspecified atom stereocenters. The molecular weight excluding hydrogens is 280 g/mol. The van der Waals surface area contributed by atoms with Gasteiger partial charge in [-0.3, -0.25) is 4.79 Å². The van der Waals surface area contributed by atoms with Crippen molar-refractivity contribution in [2.75, 3.05) is 5.73 Å². The van der Waals surface area contributed by atoms with Gasteiger partial charge < -0.3 is 11.1 Å². The number of benzene rings is 1. The molecule has 1 heterocycles. The number of anilines is 1. The van der Waals surface area contributed by atoms with E-state index in [4.69, 9.17) is 17.3 Å². The van der Waals surface area contributed by atoms with Crippen LogP contribution < -0.4 is 11.1 Å². The normalized spacial score (nSPS) is 12.1. The second kappa shape index (κ2) is 6.08. The molecule has 1 amide bonds. The molecule has 0 aliphatic rings. The summed E-state index contributed by atoms with van der Waals surface area (Å²) in [4.78, 5) is 13.4. The van der Waals surface area contributed by atoms with Crippen LogP contribution in [-0.2, 0) is 0 Å². The Bertz CT molecular complexity index is 569. The minimum absolute atomic E-state index is 0.00545. The second-order valence-electron chi connectivity index (χ2n) is 4.18. The molecule has 0 radical (unpaired) electrons. The average molecular weight is 295 g/mol. The van der Waals surface area contributed by atoms with Gasteiger partial charge in [0, 0.05) is 15.6 Å². The highest BCUT2D eigenvalue weighted by Gasteiger charge is 2.16. The lowest BCUT2D eigenvalue weighted by molar-refractivity contribution is 0.0937. The first-order valence-electron chi connectivity index (χ1n) is 6.01. The van der Waals surface area contributed by atoms with Gasteiger partial charge in [0.15, 0.2) is 0 Å². The Morgan fingerprint density at radius 3 is 2.89 bits per heavy atom. The van der Waals surface area contributed by atoms with Gasteiger partial charge in [0.2, 0.25) is 0 Å². The number of halogens is 1. The van der Waals surface area contributed by atoms with Gasteiger partial charge in [0.05, 0.1) is 11.6 Å². The molecule has 5 heteroatoms. The van der Waals surface area contributed by atoms with Crippen LogP contribution in [0.25, 0.3) is 0 Å². The van der Waals surface area contributed by atoms with Gasteiger partial charge >= 0.3 is 0 Å². The van der Waals surface area contributed by atoms with Crippen molar-refractivity contribution in [3.63, 3.8) is 0 Å². The van der Waals surface area contributed by atoms with E-state index in [1.54, 1.807) is 29.5 Å². The van der Waals surface area contributed by atoms with E-state index in [2.05, 4.69) is 5.32 Å². The minimum atomic E-state index is -0.194. The molecule has 0 aliphatic heterocycles. The average Bonchev–Trinajstić information content (AvgIpc) is 2.92. The van der Waals surface area contributed by atoms with Gasteiger partial charge in [-0.25, -0.2) is 0 Å². The summed E-state index contributed by atoms with van der Waals surface area (Å²) in [7, 11) is 0. The van der Waals surface area contributed by atoms with Crippen molar-refractivity contribution in [2.24, 2.45) is 0 Å². The van der Waals surface area contributed by atoms with Crippen molar-refractivity contribution < 1.29 is 4.79 Å². The van der Waals surface area contributed by atoms with E-state index in [9.17, 15) is 4.79 Å². The maximum atomic E-state index is 12.2. The van der Waals surface area contributed by atoms with Crippen molar-refractivity contribution in [3.05, 3.63) is 51.2 Å². The van der Waals surface area contributed by atoms with E-state index >= 15 is 0 Å². The minimum Gasteiger partial charge on any atom is -0.398 e. The summed E-state index contributed by atoms with van der Waals surface area (Å²) in [5, 5.41) is 5.49. The van der Waals surface area contributed by atoms with Crippen LogP contribution in [0.4, 0.5) is 5.69 Å². The predicted octanol–water partition coefficient (Wildman–Crippen LogP) is 3.86. The van der Waals surface area contributed by atoms with Crippen molar-refractivity contribution in [1.29, 1.82) is 0 Å². The van der Waals surface area contributed by atoms with E-state index < -0.39 is 0 Å². The zero-order valence-corrected chi connectivity index (χ0v) is 12.1. The Labute approximate surface area is 121 Å². The Kier molecular flexibility index (Phi) is 4.45. The molecule has 1 aromatic carbocycles. The largest absolute Gasteiger partial charge is 0.398 e. The number of rotatable bonds is 4. The molecule has 1 aromatic heterocycles. The Balaban J connectivity index is 2.18. The highest BCUT2D eigenvalue weighted by molar-refractivity contribution is 7.10. The molecule has 0 fully saturated rings. The predicted molar refractivity (Wildman–Crippen MR) is 80.7 cm³/mol. The smallest absolute Gasteiger partial charge is 0.253 e. The van der Waals surface area contributed by atoms with Crippen LogP contribution in [-0.4, -0.2) is 5.91 Å². The van der Waals surface area contributed by atoms with E-state index in [0.29, 0.717) is 16.3 Å². The fourth-order valence-electron chi connectivity index (χ4n) is 1.83. The van der Waals surface area contributed by atoms with Crippen molar-refractivity contribution in [2.45, 2.75) is 19.4 Å². The summed E-state index contributed by atoms with van der Waals surface area (Å²) in [6.07, 6.45) is 0.826. The van der Waals surface area contributed by atoms with Crippen LogP contribution in [0.3, 0.4) is 0 Å². The molecular formula is C14H15ClN2OS. The summed E-state index contributed by atoms with van der Waals surface area (Å²) >= 11 is 7.53. The van der Waals surface area contributed by atoms with E-state index in [1.807, 2.05) is 24.4 Å². The van der Waals surface area contributed by atoms with Gasteiger partial charge in [-0.2, -0.15) is 0 Å². The number of carbonyl (C=O) groups is 1. The van der Waals surface area contributed by atoms with Crippen molar-refractivity contribution >= 4 is 34.5 Å². The lowest BCUT2D eigenvalue weighted by Gasteiger charge is -2.16. The molecule has 0 saturated carbocycles. The van der Waals surface area contributed by atoms with Gasteiger partial charge in [0.1, 0.15) is 0 Å². The number of amides is 1. The van der Waals surface area contributed by atoms with Crippen LogP contribution >= 0.6 is 22.9 Å². The zero-order chi connectivity index (χ0) is 13.8. The molecule has 0 spiro atoms. The van der Waals surface area contributed by atoms with Crippen LogP contribution in [0.2, 0.25) is 5.02 Å². The first-order valence-corrected chi connectivity index (χ1v) is 7.27. The monoisotopic (exact) mass is 294 g/mol. The van der Waals surface area contributed by atoms with Gasteiger partial charge in [-0.05, 0) is 36.1 Å². The number of nitrogen functional groups attached to an aromatic ring is 1. The third-order valence-corrected chi connectivity index (χ3v) is 4.08. The molecule has 2 rings (SSSR count). The molecule has 0 aliphatic carbocycles. The lowest BCUT2D eigenvalue weighted by atomic mass is 10.1. The maximum Gasteiger partial charge on any atom is 0.253 e. The fraction of sp³-hybridized carbons (Fsp3) is 0.214. The van der Waals surface area contributed by atoms with Crippen LogP contribution in [0.5, 0.6) is 0 Å². The molecule has 19 heavy (non-hydrogen) atoms. The first-order chi connectivity index (χ1) is 9.11. The Morgan fingerprint density at radius 1 is 1.47 bits per heavy atom. The summed E-state index contributed by atoms with van der Waals surface area (Å²) in [5.74, 6) is -0.194. The maximum absolute atomic E-state index is 12.2. The fourth-order valence-corrected chi connectivity index (χ4v) is 2.86. The Hall–Kier alpha value is -1.52. The quantitative estimate of drug-likeness (QED) is 0.841. The lowest BCUT2D eigenvalue weighted by Crippen LogP contribution is -2.28. The van der Waals surface area contributed by atoms with Gasteiger partial charge in [0.25, 0.3) is 5.91 Å². The van der Waals surface area contributed by atoms with Crippen molar-refractivity contribution in [3.8, 4) is 0 Å². The second-order valence-corrected chi connectivity index (χ2v) is 5.60. The number of hydrogen-bond donors (Lipinski definition) is 2. The molecule has 3 N–H and O–H groups in total. The van der Waals surface area contributed by atoms with Gasteiger partial charge in [-0.15, -0.1) is 11.3 Å². The van der Waals surface area contributed by atoms with Crippen LogP contribution in [0.1, 0.15) is 34.6 Å². The number of nitrogens with one attached hydrogen (secondary N) is 1. The summed E-state index contributed by atoms with van der Waals surface area (Å²) in [5.41, 5.74) is 6.66. The third-order valence-electron chi connectivity index (χ3n) is 2.86. The van der Waals surface area contributed by atoms with E-state index in [-0.39, 0.29) is 11.9 Å². The highest BCUT2D eigenvalue weighted by Crippen LogP contribution is 2.23. The molecule has 100 valence electrons. The molecule has 0 bridgehead atoms. The summed E-state index contributed by atoms with van der Waals surface area (Å²) in [6.45, 7) is 2.03. The van der Waals surface area contributed by atoms with Gasteiger partial charge in [-0.1, -0.05) is 24.6 Å². The number of nitrogens with two attached hydrogens (primary N) is 1. The van der Waals surface area contributed by atoms with E-state index in [1.165, 1.54) is 0 Å². The zero-order valence-electron chi connectivity index (χ0n) is 10.5. The molecule has 2 aromatic rings. The highest BCUT2D eigenvalue weighted by atomic mass is 35.5.